The summed E-state index contributed by atoms with van der Waals surface area (Å²) in [5.74, 6) is -0.567. The van der Waals surface area contributed by atoms with Crippen LogP contribution in [0.2, 0.25) is 5.15 Å². The van der Waals surface area contributed by atoms with Gasteiger partial charge in [-0.1, -0.05) is 11.6 Å². The average Bonchev–Trinajstić information content (AvgIpc) is 2.73. The summed E-state index contributed by atoms with van der Waals surface area (Å²) in [7, 11) is 0. The van der Waals surface area contributed by atoms with Crippen molar-refractivity contribution in [2.75, 3.05) is 18.5 Å². The van der Waals surface area contributed by atoms with Crippen LogP contribution in [-0.2, 0) is 4.74 Å². The van der Waals surface area contributed by atoms with Crippen molar-refractivity contribution in [2.24, 2.45) is 0 Å². The lowest BCUT2D eigenvalue weighted by atomic mass is 10.0. The molecule has 6 heteroatoms. The predicted octanol–water partition coefficient (Wildman–Crippen LogP) is 2.41. The fourth-order valence-electron chi connectivity index (χ4n) is 1.96. The van der Waals surface area contributed by atoms with Crippen LogP contribution in [0.1, 0.15) is 30.1 Å². The number of carboxylic acid groups (broad SMARTS) is 1. The maximum atomic E-state index is 10.9. The number of aromatic nitrogens is 1. The summed E-state index contributed by atoms with van der Waals surface area (Å²) in [5, 5.41) is 12.2. The van der Waals surface area contributed by atoms with E-state index in [0.29, 0.717) is 12.4 Å². The molecule has 1 atom stereocenters. The molecule has 1 aromatic rings. The summed E-state index contributed by atoms with van der Waals surface area (Å²) in [5.41, 5.74) is -0.0945. The first-order chi connectivity index (χ1) is 8.48. The van der Waals surface area contributed by atoms with E-state index in [9.17, 15) is 4.79 Å². The van der Waals surface area contributed by atoms with Crippen LogP contribution in [0.3, 0.4) is 0 Å². The third-order valence-electron chi connectivity index (χ3n) is 2.98. The molecule has 18 heavy (non-hydrogen) atoms. The molecular weight excluding hydrogens is 256 g/mol. The van der Waals surface area contributed by atoms with Crippen molar-refractivity contribution in [1.82, 2.24) is 4.98 Å². The van der Waals surface area contributed by atoms with Crippen LogP contribution in [0.5, 0.6) is 0 Å². The minimum absolute atomic E-state index is 0.120. The van der Waals surface area contributed by atoms with E-state index in [0.717, 1.165) is 19.4 Å². The van der Waals surface area contributed by atoms with Crippen LogP contribution in [0, 0.1) is 0 Å². The van der Waals surface area contributed by atoms with E-state index in [1.165, 1.54) is 12.1 Å². The lowest BCUT2D eigenvalue weighted by Crippen LogP contribution is -2.32. The zero-order valence-electron chi connectivity index (χ0n) is 10.1. The summed E-state index contributed by atoms with van der Waals surface area (Å²) < 4.78 is 5.63. The Balaban J connectivity index is 2.07. The van der Waals surface area contributed by atoms with Gasteiger partial charge >= 0.3 is 5.97 Å². The van der Waals surface area contributed by atoms with Crippen molar-refractivity contribution >= 4 is 23.4 Å². The number of hydrogen-bond acceptors (Lipinski definition) is 4. The number of rotatable bonds is 4. The number of ether oxygens (including phenoxy) is 1. The van der Waals surface area contributed by atoms with Crippen molar-refractivity contribution in [3.63, 3.8) is 0 Å². The molecule has 0 aliphatic carbocycles. The molecule has 0 radical (unpaired) electrons. The van der Waals surface area contributed by atoms with Gasteiger partial charge < -0.3 is 15.2 Å². The van der Waals surface area contributed by atoms with Crippen molar-refractivity contribution in [3.05, 3.63) is 22.8 Å². The first kappa shape index (κ1) is 13.1. The second-order valence-electron chi connectivity index (χ2n) is 4.62. The number of hydrogen-bond donors (Lipinski definition) is 2. The zero-order chi connectivity index (χ0) is 13.2. The molecule has 0 bridgehead atoms. The van der Waals surface area contributed by atoms with Crippen molar-refractivity contribution in [1.29, 1.82) is 0 Å². The Kier molecular flexibility index (Phi) is 3.73. The standard InChI is InChI=1S/C12H15ClN2O3/c1-12(3-2-4-18-12)7-14-10-6-8(11(16)17)5-9(13)15-10/h5-6H,2-4,7H2,1H3,(H,14,15)(H,16,17). The number of anilines is 1. The van der Waals surface area contributed by atoms with Gasteiger partial charge in [-0.25, -0.2) is 9.78 Å². The van der Waals surface area contributed by atoms with Crippen LogP contribution >= 0.6 is 11.6 Å². The van der Waals surface area contributed by atoms with Crippen LogP contribution in [-0.4, -0.2) is 34.8 Å². The number of pyridine rings is 1. The van der Waals surface area contributed by atoms with E-state index >= 15 is 0 Å². The molecular formula is C12H15ClN2O3. The van der Waals surface area contributed by atoms with E-state index in [2.05, 4.69) is 10.3 Å². The largest absolute Gasteiger partial charge is 0.478 e. The highest BCUT2D eigenvalue weighted by atomic mass is 35.5. The molecule has 0 saturated carbocycles. The summed E-state index contributed by atoms with van der Waals surface area (Å²) in [6.07, 6.45) is 2.02. The molecule has 1 unspecified atom stereocenters. The average molecular weight is 271 g/mol. The lowest BCUT2D eigenvalue weighted by Gasteiger charge is -2.23. The van der Waals surface area contributed by atoms with Gasteiger partial charge in [0.1, 0.15) is 11.0 Å². The van der Waals surface area contributed by atoms with Gasteiger partial charge in [0.05, 0.1) is 11.2 Å². The van der Waals surface area contributed by atoms with Crippen LogP contribution in [0.4, 0.5) is 5.82 Å². The lowest BCUT2D eigenvalue weighted by molar-refractivity contribution is 0.0315. The fourth-order valence-corrected chi connectivity index (χ4v) is 2.17. The molecule has 1 fully saturated rings. The number of carboxylic acids is 1. The Morgan fingerprint density at radius 1 is 1.67 bits per heavy atom. The first-order valence-corrected chi connectivity index (χ1v) is 6.15. The maximum absolute atomic E-state index is 10.9. The Morgan fingerprint density at radius 3 is 3.06 bits per heavy atom. The van der Waals surface area contributed by atoms with Gasteiger partial charge in [0.15, 0.2) is 0 Å². The third kappa shape index (κ3) is 3.11. The Morgan fingerprint density at radius 2 is 2.44 bits per heavy atom. The Bertz CT molecular complexity index is 459. The van der Waals surface area contributed by atoms with Gasteiger partial charge in [0.25, 0.3) is 0 Å². The van der Waals surface area contributed by atoms with Gasteiger partial charge in [-0.15, -0.1) is 0 Å². The second kappa shape index (κ2) is 5.12. The highest BCUT2D eigenvalue weighted by molar-refractivity contribution is 6.29. The summed E-state index contributed by atoms with van der Waals surface area (Å²) in [6, 6.07) is 2.79. The third-order valence-corrected chi connectivity index (χ3v) is 3.18. The summed E-state index contributed by atoms with van der Waals surface area (Å²) in [4.78, 5) is 14.9. The second-order valence-corrected chi connectivity index (χ2v) is 5.01. The zero-order valence-corrected chi connectivity index (χ0v) is 10.8. The summed E-state index contributed by atoms with van der Waals surface area (Å²) >= 11 is 5.78. The fraction of sp³-hybridized carbons (Fsp3) is 0.500. The monoisotopic (exact) mass is 270 g/mol. The van der Waals surface area contributed by atoms with Gasteiger partial charge in [0.2, 0.25) is 0 Å². The van der Waals surface area contributed by atoms with E-state index in [1.54, 1.807) is 0 Å². The molecule has 1 aliphatic rings. The number of nitrogens with one attached hydrogen (secondary N) is 1. The minimum Gasteiger partial charge on any atom is -0.478 e. The molecule has 1 saturated heterocycles. The van der Waals surface area contributed by atoms with Gasteiger partial charge in [-0.05, 0) is 31.9 Å². The summed E-state index contributed by atoms with van der Waals surface area (Å²) in [6.45, 7) is 3.37. The molecule has 2 heterocycles. The van der Waals surface area contributed by atoms with Crippen LogP contribution < -0.4 is 5.32 Å². The molecule has 0 spiro atoms. The number of carbonyl (C=O) groups is 1. The van der Waals surface area contributed by atoms with E-state index in [4.69, 9.17) is 21.4 Å². The van der Waals surface area contributed by atoms with E-state index < -0.39 is 5.97 Å². The van der Waals surface area contributed by atoms with Crippen molar-refractivity contribution in [3.8, 4) is 0 Å². The molecule has 0 amide bonds. The first-order valence-electron chi connectivity index (χ1n) is 5.77. The molecule has 1 aliphatic heterocycles. The SMILES string of the molecule is CC1(CNc2cc(C(=O)O)cc(Cl)n2)CCCO1. The maximum Gasteiger partial charge on any atom is 0.335 e. The minimum atomic E-state index is -1.02. The molecule has 2 rings (SSSR count). The normalized spacial score (nSPS) is 23.0. The van der Waals surface area contributed by atoms with Crippen molar-refractivity contribution < 1.29 is 14.6 Å². The van der Waals surface area contributed by atoms with E-state index in [-0.39, 0.29) is 16.3 Å². The topological polar surface area (TPSA) is 71.5 Å². The highest BCUT2D eigenvalue weighted by Crippen LogP contribution is 2.25. The van der Waals surface area contributed by atoms with Gasteiger partial charge in [0, 0.05) is 13.2 Å². The Hall–Kier alpha value is -1.33. The number of nitrogens with zero attached hydrogens (tertiary/aromatic N) is 1. The van der Waals surface area contributed by atoms with Crippen LogP contribution in [0.25, 0.3) is 0 Å². The van der Waals surface area contributed by atoms with E-state index in [1.807, 2.05) is 6.92 Å². The van der Waals surface area contributed by atoms with Gasteiger partial charge in [-0.2, -0.15) is 0 Å². The molecule has 1 aromatic heterocycles. The number of halogens is 1. The van der Waals surface area contributed by atoms with Crippen LogP contribution in [0.15, 0.2) is 12.1 Å². The predicted molar refractivity (Wildman–Crippen MR) is 68.3 cm³/mol. The molecule has 0 aromatic carbocycles. The smallest absolute Gasteiger partial charge is 0.335 e. The molecule has 2 N–H and O–H groups in total. The van der Waals surface area contributed by atoms with Crippen molar-refractivity contribution in [2.45, 2.75) is 25.4 Å². The quantitative estimate of drug-likeness (QED) is 0.822. The Labute approximate surface area is 110 Å². The molecule has 98 valence electrons. The number of aromatic carboxylic acids is 1. The highest BCUT2D eigenvalue weighted by Gasteiger charge is 2.29. The van der Waals surface area contributed by atoms with Gasteiger partial charge in [-0.3, -0.25) is 0 Å². The molecule has 5 nitrogen and oxygen atoms in total.